The molecule has 1 aromatic carbocycles. The molecule has 1 amide bonds. The minimum absolute atomic E-state index is 0.0127. The number of hydrogen-bond donors (Lipinski definition) is 1. The predicted octanol–water partition coefficient (Wildman–Crippen LogP) is 3.60. The van der Waals surface area contributed by atoms with Crippen molar-refractivity contribution in [3.05, 3.63) is 34.6 Å². The van der Waals surface area contributed by atoms with Crippen molar-refractivity contribution in [2.24, 2.45) is 0 Å². The molecule has 1 aliphatic rings. The molecule has 1 unspecified atom stereocenters. The van der Waals surface area contributed by atoms with Crippen LogP contribution in [0.15, 0.2) is 12.1 Å². The Kier molecular flexibility index (Phi) is 7.70. The first-order valence-electron chi connectivity index (χ1n) is 9.67. The highest BCUT2D eigenvalue weighted by Gasteiger charge is 2.42. The smallest absolute Gasteiger partial charge is 0.410 e. The second-order valence-electron chi connectivity index (χ2n) is 8.34. The Morgan fingerprint density at radius 1 is 1.10 bits per heavy atom. The maximum Gasteiger partial charge on any atom is 0.410 e. The van der Waals surface area contributed by atoms with E-state index in [1.165, 1.54) is 11.0 Å². The summed E-state index contributed by atoms with van der Waals surface area (Å²) >= 11 is 3.35. The lowest BCUT2D eigenvalue weighted by atomic mass is 9.84. The van der Waals surface area contributed by atoms with E-state index in [4.69, 9.17) is 9.47 Å². The van der Waals surface area contributed by atoms with Crippen molar-refractivity contribution in [3.63, 3.8) is 0 Å². The van der Waals surface area contributed by atoms with Crippen LogP contribution in [0.2, 0.25) is 0 Å². The van der Waals surface area contributed by atoms with Gasteiger partial charge in [0.2, 0.25) is 0 Å². The Bertz CT molecular complexity index is 860. The Labute approximate surface area is 188 Å². The summed E-state index contributed by atoms with van der Waals surface area (Å²) in [6.45, 7) is 5.70. The second kappa shape index (κ2) is 9.52. The van der Waals surface area contributed by atoms with Crippen molar-refractivity contribution in [3.8, 4) is 0 Å². The largest absolute Gasteiger partial charge is 0.465 e. The standard InChI is InChI=1S/C21H27BrFNO7/c1-20(2,3)31-19(27)24-8-6-21(28,7-9-24)16(22)14-10-12(17(25)29-4)13(11-15(14)23)18(26)30-5/h10-11,16,28H,6-9H2,1-5H3. The first-order chi connectivity index (χ1) is 14.3. The van der Waals surface area contributed by atoms with Crippen LogP contribution in [0.25, 0.3) is 0 Å². The number of benzene rings is 1. The summed E-state index contributed by atoms with van der Waals surface area (Å²) in [4.78, 5) is 36.9. The number of aliphatic hydroxyl groups is 1. The van der Waals surface area contributed by atoms with Crippen LogP contribution in [0.4, 0.5) is 9.18 Å². The van der Waals surface area contributed by atoms with Gasteiger partial charge in [-0.3, -0.25) is 0 Å². The van der Waals surface area contributed by atoms with E-state index in [9.17, 15) is 23.9 Å². The van der Waals surface area contributed by atoms with E-state index < -0.39 is 39.9 Å². The fourth-order valence-corrected chi connectivity index (χ4v) is 4.10. The summed E-state index contributed by atoms with van der Waals surface area (Å²) in [7, 11) is 2.25. The highest BCUT2D eigenvalue weighted by Crippen LogP contribution is 2.43. The zero-order valence-electron chi connectivity index (χ0n) is 18.2. The van der Waals surface area contributed by atoms with Crippen molar-refractivity contribution in [1.82, 2.24) is 4.90 Å². The van der Waals surface area contributed by atoms with Gasteiger partial charge in [-0.1, -0.05) is 15.9 Å². The molecule has 1 heterocycles. The van der Waals surface area contributed by atoms with Gasteiger partial charge < -0.3 is 24.2 Å². The quantitative estimate of drug-likeness (QED) is 0.380. The number of ether oxygens (including phenoxy) is 3. The molecule has 0 aliphatic carbocycles. The summed E-state index contributed by atoms with van der Waals surface area (Å²) in [5, 5.41) is 11.2. The van der Waals surface area contributed by atoms with E-state index in [0.29, 0.717) is 0 Å². The number of alkyl halides is 1. The third kappa shape index (κ3) is 5.74. The number of piperidine rings is 1. The molecule has 0 bridgehead atoms. The molecular weight excluding hydrogens is 477 g/mol. The Morgan fingerprint density at radius 3 is 2.03 bits per heavy atom. The molecular formula is C21H27BrFNO7. The van der Waals surface area contributed by atoms with Gasteiger partial charge in [0.1, 0.15) is 11.4 Å². The maximum absolute atomic E-state index is 14.9. The highest BCUT2D eigenvalue weighted by molar-refractivity contribution is 9.09. The third-order valence-electron chi connectivity index (χ3n) is 4.97. The molecule has 0 saturated carbocycles. The molecule has 1 N–H and O–H groups in total. The van der Waals surface area contributed by atoms with E-state index in [0.717, 1.165) is 20.3 Å². The molecule has 1 saturated heterocycles. The zero-order chi connectivity index (χ0) is 23.6. The number of likely N-dealkylation sites (tertiary alicyclic amines) is 1. The van der Waals surface area contributed by atoms with Crippen LogP contribution in [0.3, 0.4) is 0 Å². The van der Waals surface area contributed by atoms with Gasteiger partial charge in [0.15, 0.2) is 0 Å². The monoisotopic (exact) mass is 503 g/mol. The zero-order valence-corrected chi connectivity index (χ0v) is 19.7. The summed E-state index contributed by atoms with van der Waals surface area (Å²) in [6, 6.07) is 2.06. The second-order valence-corrected chi connectivity index (χ2v) is 9.25. The van der Waals surface area contributed by atoms with Gasteiger partial charge in [-0.05, 0) is 45.7 Å². The lowest BCUT2D eigenvalue weighted by Gasteiger charge is -2.41. The molecule has 172 valence electrons. The van der Waals surface area contributed by atoms with Crippen molar-refractivity contribution < 1.29 is 38.1 Å². The molecule has 0 aromatic heterocycles. The topological polar surface area (TPSA) is 102 Å². The van der Waals surface area contributed by atoms with Crippen molar-refractivity contribution >= 4 is 34.0 Å². The Balaban J connectivity index is 2.28. The van der Waals surface area contributed by atoms with Crippen molar-refractivity contribution in [2.75, 3.05) is 27.3 Å². The number of esters is 2. The minimum atomic E-state index is -1.40. The van der Waals surface area contributed by atoms with Gasteiger partial charge in [0.25, 0.3) is 0 Å². The molecule has 10 heteroatoms. The Morgan fingerprint density at radius 2 is 1.58 bits per heavy atom. The molecule has 1 atom stereocenters. The summed E-state index contributed by atoms with van der Waals surface area (Å²) < 4.78 is 29.5. The average molecular weight is 504 g/mol. The number of carbonyl (C=O) groups is 3. The molecule has 2 rings (SSSR count). The van der Waals surface area contributed by atoms with Gasteiger partial charge in [0.05, 0.1) is 35.8 Å². The van der Waals surface area contributed by atoms with Gasteiger partial charge >= 0.3 is 18.0 Å². The number of rotatable bonds is 4. The van der Waals surface area contributed by atoms with Gasteiger partial charge in [-0.15, -0.1) is 0 Å². The van der Waals surface area contributed by atoms with E-state index in [1.807, 2.05) is 0 Å². The number of carbonyl (C=O) groups excluding carboxylic acids is 3. The van der Waals surface area contributed by atoms with Crippen LogP contribution in [-0.4, -0.2) is 66.5 Å². The lowest BCUT2D eigenvalue weighted by Crippen LogP contribution is -2.49. The lowest BCUT2D eigenvalue weighted by molar-refractivity contribution is -0.0326. The number of amides is 1. The van der Waals surface area contributed by atoms with Gasteiger partial charge in [-0.2, -0.15) is 0 Å². The first kappa shape index (κ1) is 25.1. The van der Waals surface area contributed by atoms with Crippen LogP contribution in [-0.2, 0) is 14.2 Å². The minimum Gasteiger partial charge on any atom is -0.465 e. The molecule has 1 aliphatic heterocycles. The molecule has 8 nitrogen and oxygen atoms in total. The Hall–Kier alpha value is -2.20. The third-order valence-corrected chi connectivity index (χ3v) is 6.32. The van der Waals surface area contributed by atoms with Crippen LogP contribution in [0.1, 0.15) is 64.7 Å². The number of hydrogen-bond acceptors (Lipinski definition) is 7. The van der Waals surface area contributed by atoms with E-state index >= 15 is 0 Å². The molecule has 1 aromatic rings. The van der Waals surface area contributed by atoms with E-state index in [-0.39, 0.29) is 42.6 Å². The van der Waals surface area contributed by atoms with Crippen LogP contribution >= 0.6 is 15.9 Å². The fraction of sp³-hybridized carbons (Fsp3) is 0.571. The summed E-state index contributed by atoms with van der Waals surface area (Å²) in [6.07, 6.45) is -0.191. The summed E-state index contributed by atoms with van der Waals surface area (Å²) in [5.41, 5.74) is -2.51. The van der Waals surface area contributed by atoms with Crippen molar-refractivity contribution in [2.45, 2.75) is 49.6 Å². The first-order valence-corrected chi connectivity index (χ1v) is 10.6. The number of halogens is 2. The van der Waals surface area contributed by atoms with E-state index in [2.05, 4.69) is 20.7 Å². The van der Waals surface area contributed by atoms with Crippen LogP contribution in [0.5, 0.6) is 0 Å². The normalized spacial score (nSPS) is 17.0. The van der Waals surface area contributed by atoms with Crippen LogP contribution in [0, 0.1) is 5.82 Å². The maximum atomic E-state index is 14.9. The number of methoxy groups -OCH3 is 2. The average Bonchev–Trinajstić information content (AvgIpc) is 2.71. The van der Waals surface area contributed by atoms with Crippen molar-refractivity contribution in [1.29, 1.82) is 0 Å². The number of nitrogens with zero attached hydrogens (tertiary/aromatic N) is 1. The van der Waals surface area contributed by atoms with Crippen LogP contribution < -0.4 is 0 Å². The van der Waals surface area contributed by atoms with E-state index in [1.54, 1.807) is 20.8 Å². The predicted molar refractivity (Wildman–Crippen MR) is 113 cm³/mol. The molecule has 0 spiro atoms. The molecule has 1 fully saturated rings. The summed E-state index contributed by atoms with van der Waals surface area (Å²) in [5.74, 6) is -2.52. The molecule has 0 radical (unpaired) electrons. The van der Waals surface area contributed by atoms with Gasteiger partial charge in [0, 0.05) is 18.7 Å². The molecule has 31 heavy (non-hydrogen) atoms. The van der Waals surface area contributed by atoms with Gasteiger partial charge in [-0.25, -0.2) is 18.8 Å². The highest BCUT2D eigenvalue weighted by atomic mass is 79.9. The SMILES string of the molecule is COC(=O)c1cc(F)c(C(Br)C2(O)CCN(C(=O)OC(C)(C)C)CC2)cc1C(=O)OC. The fourth-order valence-electron chi connectivity index (χ4n) is 3.29.